The van der Waals surface area contributed by atoms with E-state index in [0.717, 1.165) is 11.4 Å². The van der Waals surface area contributed by atoms with E-state index in [1.165, 1.54) is 32.8 Å². The maximum Gasteiger partial charge on any atom is 0.0619 e. The molecule has 0 amide bonds. The highest BCUT2D eigenvalue weighted by molar-refractivity contribution is 6.11. The number of benzene rings is 3. The van der Waals surface area contributed by atoms with Crippen molar-refractivity contribution in [1.82, 2.24) is 4.57 Å². The maximum absolute atomic E-state index is 4.10. The zero-order chi connectivity index (χ0) is 19.4. The summed E-state index contributed by atoms with van der Waals surface area (Å²) < 4.78 is 2.33. The van der Waals surface area contributed by atoms with Gasteiger partial charge in [0.25, 0.3) is 0 Å². The Balaban J connectivity index is 0.00000102. The maximum atomic E-state index is 4.10. The quantitative estimate of drug-likeness (QED) is 0.354. The van der Waals surface area contributed by atoms with Crippen LogP contribution in [0.15, 0.2) is 73.3 Å². The minimum atomic E-state index is 1.13. The molecule has 0 aliphatic rings. The first-order valence-corrected chi connectivity index (χ1v) is 9.63. The molecular formula is C26H27N. The van der Waals surface area contributed by atoms with Gasteiger partial charge in [-0.15, -0.1) is 0 Å². The molecule has 136 valence electrons. The Labute approximate surface area is 162 Å². The van der Waals surface area contributed by atoms with Gasteiger partial charge in [0.1, 0.15) is 0 Å². The molecule has 0 N–H and O–H groups in total. The lowest BCUT2D eigenvalue weighted by Gasteiger charge is -2.11. The predicted molar refractivity (Wildman–Crippen MR) is 122 cm³/mol. The van der Waals surface area contributed by atoms with Crippen molar-refractivity contribution < 1.29 is 0 Å². The summed E-state index contributed by atoms with van der Waals surface area (Å²) in [6, 6.07) is 21.7. The summed E-state index contributed by atoms with van der Waals surface area (Å²) in [7, 11) is 0. The van der Waals surface area contributed by atoms with Crippen LogP contribution in [-0.2, 0) is 0 Å². The predicted octanol–water partition coefficient (Wildman–Crippen LogP) is 7.79. The molecule has 1 aromatic heterocycles. The zero-order valence-corrected chi connectivity index (χ0v) is 16.7. The molecule has 27 heavy (non-hydrogen) atoms. The molecule has 1 heterocycles. The molecule has 0 saturated heterocycles. The van der Waals surface area contributed by atoms with Crippen LogP contribution < -0.4 is 0 Å². The standard InChI is InChI=1S/C24H21N.C2H6/c1-4-8-21-22-16-13-18-9-6-7-10-20(18)24(22)25(23(21)5-2)19-14-11-17(3)12-15-19;1-2/h4-16H,2H2,1,3H3;1-2H3/b8-4-;. The van der Waals surface area contributed by atoms with E-state index in [1.807, 2.05) is 19.9 Å². The van der Waals surface area contributed by atoms with Crippen LogP contribution in [0.1, 0.15) is 37.6 Å². The fraction of sp³-hybridized carbons (Fsp3) is 0.154. The number of hydrogen-bond acceptors (Lipinski definition) is 0. The third-order valence-corrected chi connectivity index (χ3v) is 4.75. The molecule has 1 heteroatoms. The molecule has 0 bridgehead atoms. The third kappa shape index (κ3) is 3.21. The second-order valence-electron chi connectivity index (χ2n) is 6.36. The average Bonchev–Trinajstić information content (AvgIpc) is 3.04. The van der Waals surface area contributed by atoms with E-state index >= 15 is 0 Å². The molecule has 0 spiro atoms. The first-order chi connectivity index (χ1) is 13.2. The van der Waals surface area contributed by atoms with Crippen LogP contribution in [0, 0.1) is 6.92 Å². The zero-order valence-electron chi connectivity index (χ0n) is 16.7. The summed E-state index contributed by atoms with van der Waals surface area (Å²) in [5.74, 6) is 0. The first-order valence-electron chi connectivity index (χ1n) is 9.63. The van der Waals surface area contributed by atoms with Gasteiger partial charge < -0.3 is 4.57 Å². The van der Waals surface area contributed by atoms with Crippen LogP contribution in [0.5, 0.6) is 0 Å². The lowest BCUT2D eigenvalue weighted by atomic mass is 10.0. The van der Waals surface area contributed by atoms with Crippen LogP contribution in [0.4, 0.5) is 0 Å². The van der Waals surface area contributed by atoms with E-state index in [4.69, 9.17) is 0 Å². The first kappa shape index (κ1) is 18.7. The fourth-order valence-corrected chi connectivity index (χ4v) is 3.60. The molecule has 0 saturated carbocycles. The minimum absolute atomic E-state index is 1.13. The Hall–Kier alpha value is -3.06. The van der Waals surface area contributed by atoms with Crippen LogP contribution >= 0.6 is 0 Å². The molecule has 0 atom stereocenters. The van der Waals surface area contributed by atoms with Crippen LogP contribution in [0.2, 0.25) is 0 Å². The molecule has 3 aromatic carbocycles. The molecule has 4 aromatic rings. The number of allylic oxidation sites excluding steroid dienone is 1. The largest absolute Gasteiger partial charge is 0.309 e. The molecule has 0 aliphatic carbocycles. The van der Waals surface area contributed by atoms with Crippen molar-refractivity contribution in [3.63, 3.8) is 0 Å². The van der Waals surface area contributed by atoms with Crippen molar-refractivity contribution in [3.8, 4) is 5.69 Å². The van der Waals surface area contributed by atoms with Crippen molar-refractivity contribution in [2.24, 2.45) is 0 Å². The van der Waals surface area contributed by atoms with E-state index in [0.29, 0.717) is 0 Å². The Morgan fingerprint density at radius 2 is 1.56 bits per heavy atom. The summed E-state index contributed by atoms with van der Waals surface area (Å²) in [6.45, 7) is 12.3. The van der Waals surface area contributed by atoms with Gasteiger partial charge in [0.15, 0.2) is 0 Å². The molecule has 0 aliphatic heterocycles. The van der Waals surface area contributed by atoms with E-state index in [9.17, 15) is 0 Å². The highest BCUT2D eigenvalue weighted by atomic mass is 15.0. The summed E-state index contributed by atoms with van der Waals surface area (Å²) in [4.78, 5) is 0. The van der Waals surface area contributed by atoms with Gasteiger partial charge in [-0.05, 0) is 37.4 Å². The van der Waals surface area contributed by atoms with E-state index in [-0.39, 0.29) is 0 Å². The molecule has 0 radical (unpaired) electrons. The normalized spacial score (nSPS) is 11.0. The number of nitrogens with zero attached hydrogens (tertiary/aromatic N) is 1. The average molecular weight is 354 g/mol. The number of aryl methyl sites for hydroxylation is 1. The van der Waals surface area contributed by atoms with Crippen molar-refractivity contribution in [2.75, 3.05) is 0 Å². The number of hydrogen-bond donors (Lipinski definition) is 0. The Morgan fingerprint density at radius 3 is 2.22 bits per heavy atom. The van der Waals surface area contributed by atoms with Gasteiger partial charge in [-0.1, -0.05) is 86.7 Å². The van der Waals surface area contributed by atoms with Crippen LogP contribution in [0.25, 0.3) is 39.5 Å². The molecule has 0 unspecified atom stereocenters. The summed E-state index contributed by atoms with van der Waals surface area (Å²) in [6.07, 6.45) is 6.24. The Kier molecular flexibility index (Phi) is 5.61. The van der Waals surface area contributed by atoms with Crippen molar-refractivity contribution >= 4 is 33.8 Å². The number of aromatic nitrogens is 1. The summed E-state index contributed by atoms with van der Waals surface area (Å²) in [5, 5.41) is 3.77. The third-order valence-electron chi connectivity index (χ3n) is 4.75. The monoisotopic (exact) mass is 353 g/mol. The van der Waals surface area contributed by atoms with Crippen LogP contribution in [-0.4, -0.2) is 4.57 Å². The van der Waals surface area contributed by atoms with E-state index in [1.54, 1.807) is 0 Å². The molecule has 0 fully saturated rings. The summed E-state index contributed by atoms with van der Waals surface area (Å²) in [5.41, 5.74) is 6.02. The molecular weight excluding hydrogens is 326 g/mol. The van der Waals surface area contributed by atoms with Crippen molar-refractivity contribution in [1.29, 1.82) is 0 Å². The van der Waals surface area contributed by atoms with Gasteiger partial charge in [0.2, 0.25) is 0 Å². The highest BCUT2D eigenvalue weighted by Crippen LogP contribution is 2.36. The second kappa shape index (κ2) is 8.09. The lowest BCUT2D eigenvalue weighted by molar-refractivity contribution is 1.11. The smallest absolute Gasteiger partial charge is 0.0619 e. The van der Waals surface area contributed by atoms with Gasteiger partial charge in [-0.25, -0.2) is 0 Å². The fourth-order valence-electron chi connectivity index (χ4n) is 3.60. The highest BCUT2D eigenvalue weighted by Gasteiger charge is 2.16. The lowest BCUT2D eigenvalue weighted by Crippen LogP contribution is -1.97. The van der Waals surface area contributed by atoms with E-state index < -0.39 is 0 Å². The Bertz CT molecular complexity index is 1110. The SMILES string of the molecule is C=Cc1c(/C=C\C)c2ccc3ccccc3c2n1-c1ccc(C)cc1.CC. The second-order valence-corrected chi connectivity index (χ2v) is 6.36. The van der Waals surface area contributed by atoms with Crippen LogP contribution in [0.3, 0.4) is 0 Å². The van der Waals surface area contributed by atoms with Gasteiger partial charge in [-0.2, -0.15) is 0 Å². The minimum Gasteiger partial charge on any atom is -0.309 e. The number of fused-ring (bicyclic) bond motifs is 3. The Morgan fingerprint density at radius 1 is 0.852 bits per heavy atom. The van der Waals surface area contributed by atoms with Crippen molar-refractivity contribution in [3.05, 3.63) is 90.1 Å². The van der Waals surface area contributed by atoms with E-state index in [2.05, 4.69) is 97.8 Å². The van der Waals surface area contributed by atoms with Gasteiger partial charge >= 0.3 is 0 Å². The van der Waals surface area contributed by atoms with Gasteiger partial charge in [0, 0.05) is 22.0 Å². The van der Waals surface area contributed by atoms with Gasteiger partial charge in [-0.3, -0.25) is 0 Å². The summed E-state index contributed by atoms with van der Waals surface area (Å²) >= 11 is 0. The molecule has 4 rings (SSSR count). The van der Waals surface area contributed by atoms with Gasteiger partial charge in [0.05, 0.1) is 11.2 Å². The van der Waals surface area contributed by atoms with Crippen molar-refractivity contribution in [2.45, 2.75) is 27.7 Å². The molecule has 1 nitrogen and oxygen atoms in total. The number of rotatable bonds is 3. The topological polar surface area (TPSA) is 4.93 Å².